The molecular formula is C21H19ClF3N3O. The highest BCUT2D eigenvalue weighted by Crippen LogP contribution is 2.38. The second-order valence-electron chi connectivity index (χ2n) is 7.15. The zero-order chi connectivity index (χ0) is 20.8. The van der Waals surface area contributed by atoms with Gasteiger partial charge in [-0.25, -0.2) is 4.98 Å². The standard InChI is InChI=1S/C21H19ClF3N3O/c1-12-9-14(5-7-26-12)19-18-6-8-29-13(2)11-28(18)20(27-19)15-3-4-17(22)16(10-15)21(23,24)25/h3-5,7,9-10,13H,6,8,11H2,1-2H3/t13-/m1/s1. The normalized spacial score (nSPS) is 17.1. The van der Waals surface area contributed by atoms with Crippen molar-refractivity contribution in [2.45, 2.75) is 39.1 Å². The third-order valence-corrected chi connectivity index (χ3v) is 5.28. The number of benzene rings is 1. The van der Waals surface area contributed by atoms with Crippen molar-refractivity contribution in [3.63, 3.8) is 0 Å². The number of halogens is 4. The van der Waals surface area contributed by atoms with Crippen LogP contribution in [-0.4, -0.2) is 27.2 Å². The first-order valence-electron chi connectivity index (χ1n) is 9.25. The minimum absolute atomic E-state index is 0.0781. The number of pyridine rings is 1. The molecule has 0 fully saturated rings. The molecule has 3 aromatic rings. The van der Waals surface area contributed by atoms with Crippen LogP contribution in [0.2, 0.25) is 5.02 Å². The molecule has 0 spiro atoms. The van der Waals surface area contributed by atoms with Gasteiger partial charge in [0, 0.05) is 35.1 Å². The molecule has 1 atom stereocenters. The minimum Gasteiger partial charge on any atom is -0.376 e. The van der Waals surface area contributed by atoms with Crippen LogP contribution in [0.15, 0.2) is 36.5 Å². The second kappa shape index (κ2) is 7.46. The lowest BCUT2D eigenvalue weighted by atomic mass is 10.1. The van der Waals surface area contributed by atoms with Crippen molar-refractivity contribution in [1.82, 2.24) is 14.5 Å². The molecule has 0 aliphatic carbocycles. The Morgan fingerprint density at radius 1 is 1.17 bits per heavy atom. The summed E-state index contributed by atoms with van der Waals surface area (Å²) in [5.41, 5.74) is 2.91. The first kappa shape index (κ1) is 19.9. The molecule has 0 radical (unpaired) electrons. The Labute approximate surface area is 171 Å². The van der Waals surface area contributed by atoms with Crippen molar-refractivity contribution >= 4 is 11.6 Å². The van der Waals surface area contributed by atoms with Crippen LogP contribution in [0.5, 0.6) is 0 Å². The molecule has 0 unspecified atom stereocenters. The Morgan fingerprint density at radius 2 is 1.97 bits per heavy atom. The van der Waals surface area contributed by atoms with Gasteiger partial charge in [0.25, 0.3) is 0 Å². The molecule has 4 rings (SSSR count). The lowest BCUT2D eigenvalue weighted by molar-refractivity contribution is -0.137. The molecule has 1 aliphatic heterocycles. The number of imidazole rings is 1. The van der Waals surface area contributed by atoms with Crippen LogP contribution in [0, 0.1) is 6.92 Å². The molecule has 1 aromatic carbocycles. The third-order valence-electron chi connectivity index (χ3n) is 4.95. The number of alkyl halides is 3. The topological polar surface area (TPSA) is 39.9 Å². The fraction of sp³-hybridized carbons (Fsp3) is 0.333. The molecule has 0 saturated carbocycles. The van der Waals surface area contributed by atoms with Crippen molar-refractivity contribution in [1.29, 1.82) is 0 Å². The molecule has 8 heteroatoms. The Morgan fingerprint density at radius 3 is 2.69 bits per heavy atom. The van der Waals surface area contributed by atoms with Gasteiger partial charge < -0.3 is 9.30 Å². The molecule has 0 amide bonds. The van der Waals surface area contributed by atoms with Gasteiger partial charge in [-0.15, -0.1) is 0 Å². The number of rotatable bonds is 2. The van der Waals surface area contributed by atoms with Crippen molar-refractivity contribution in [2.24, 2.45) is 0 Å². The summed E-state index contributed by atoms with van der Waals surface area (Å²) >= 11 is 5.81. The van der Waals surface area contributed by atoms with Crippen LogP contribution in [-0.2, 0) is 23.9 Å². The van der Waals surface area contributed by atoms with E-state index in [0.29, 0.717) is 31.0 Å². The number of nitrogens with zero attached hydrogens (tertiary/aromatic N) is 3. The maximum absolute atomic E-state index is 13.4. The van der Waals surface area contributed by atoms with E-state index in [0.717, 1.165) is 28.7 Å². The predicted octanol–water partition coefficient (Wildman–Crippen LogP) is 5.55. The second-order valence-corrected chi connectivity index (χ2v) is 7.56. The highest BCUT2D eigenvalue weighted by molar-refractivity contribution is 6.31. The number of ether oxygens (including phenoxy) is 1. The molecule has 3 heterocycles. The lowest BCUT2D eigenvalue weighted by Gasteiger charge is -2.14. The van der Waals surface area contributed by atoms with Crippen LogP contribution in [0.1, 0.15) is 23.9 Å². The van der Waals surface area contributed by atoms with Gasteiger partial charge in [-0.2, -0.15) is 13.2 Å². The fourth-order valence-electron chi connectivity index (χ4n) is 3.63. The van der Waals surface area contributed by atoms with Crippen LogP contribution >= 0.6 is 11.6 Å². The number of fused-ring (bicyclic) bond motifs is 1. The Bertz CT molecular complexity index is 1060. The van der Waals surface area contributed by atoms with Gasteiger partial charge in [-0.1, -0.05) is 11.6 Å². The van der Waals surface area contributed by atoms with Gasteiger partial charge in [0.1, 0.15) is 5.82 Å². The third kappa shape index (κ3) is 3.89. The summed E-state index contributed by atoms with van der Waals surface area (Å²) < 4.78 is 47.9. The zero-order valence-electron chi connectivity index (χ0n) is 15.9. The van der Waals surface area contributed by atoms with E-state index in [1.807, 2.05) is 30.5 Å². The average Bonchev–Trinajstić information content (AvgIpc) is 2.88. The number of aryl methyl sites for hydroxylation is 1. The van der Waals surface area contributed by atoms with Gasteiger partial charge in [-0.3, -0.25) is 4.98 Å². The van der Waals surface area contributed by atoms with Crippen LogP contribution in [0.25, 0.3) is 22.6 Å². The van der Waals surface area contributed by atoms with Crippen molar-refractivity contribution in [3.8, 4) is 22.6 Å². The first-order valence-corrected chi connectivity index (χ1v) is 9.63. The number of aromatic nitrogens is 3. The van der Waals surface area contributed by atoms with E-state index in [1.165, 1.54) is 6.07 Å². The Balaban J connectivity index is 1.93. The maximum atomic E-state index is 13.4. The summed E-state index contributed by atoms with van der Waals surface area (Å²) in [5, 5.41) is -0.328. The Hall–Kier alpha value is -2.38. The highest BCUT2D eigenvalue weighted by atomic mass is 35.5. The van der Waals surface area contributed by atoms with Crippen molar-refractivity contribution in [3.05, 3.63) is 58.5 Å². The van der Waals surface area contributed by atoms with Gasteiger partial charge in [0.05, 0.1) is 35.5 Å². The summed E-state index contributed by atoms with van der Waals surface area (Å²) in [6.07, 6.45) is -2.29. The molecule has 2 aromatic heterocycles. The van der Waals surface area contributed by atoms with E-state index >= 15 is 0 Å². The molecule has 4 nitrogen and oxygen atoms in total. The molecular weight excluding hydrogens is 403 g/mol. The SMILES string of the molecule is Cc1cc(-c2nc(-c3ccc(Cl)c(C(F)(F)F)c3)n3c2CCO[C@H](C)C3)ccn1. The van der Waals surface area contributed by atoms with Crippen LogP contribution in [0.3, 0.4) is 0 Å². The van der Waals surface area contributed by atoms with E-state index in [2.05, 4.69) is 4.98 Å². The van der Waals surface area contributed by atoms with Crippen molar-refractivity contribution < 1.29 is 17.9 Å². The monoisotopic (exact) mass is 421 g/mol. The minimum atomic E-state index is -4.54. The maximum Gasteiger partial charge on any atom is 0.417 e. The molecule has 29 heavy (non-hydrogen) atoms. The summed E-state index contributed by atoms with van der Waals surface area (Å²) in [7, 11) is 0. The van der Waals surface area contributed by atoms with Gasteiger partial charge in [0.15, 0.2) is 0 Å². The summed E-state index contributed by atoms with van der Waals surface area (Å²) in [5.74, 6) is 0.476. The van der Waals surface area contributed by atoms with Crippen LogP contribution in [0.4, 0.5) is 13.2 Å². The van der Waals surface area contributed by atoms with E-state index in [1.54, 1.807) is 12.3 Å². The van der Waals surface area contributed by atoms with Gasteiger partial charge in [-0.05, 0) is 44.2 Å². The van der Waals surface area contributed by atoms with E-state index < -0.39 is 11.7 Å². The average molecular weight is 422 g/mol. The van der Waals surface area contributed by atoms with Crippen molar-refractivity contribution in [2.75, 3.05) is 6.61 Å². The van der Waals surface area contributed by atoms with Gasteiger partial charge >= 0.3 is 6.18 Å². The smallest absolute Gasteiger partial charge is 0.376 e. The summed E-state index contributed by atoms with van der Waals surface area (Å²) in [6, 6.07) is 7.69. The molecule has 0 N–H and O–H groups in total. The highest BCUT2D eigenvalue weighted by Gasteiger charge is 2.34. The largest absolute Gasteiger partial charge is 0.417 e. The zero-order valence-corrected chi connectivity index (χ0v) is 16.7. The van der Waals surface area contributed by atoms with Crippen LogP contribution < -0.4 is 0 Å². The number of hydrogen-bond donors (Lipinski definition) is 0. The molecule has 152 valence electrons. The molecule has 0 saturated heterocycles. The summed E-state index contributed by atoms with van der Waals surface area (Å²) in [4.78, 5) is 8.99. The predicted molar refractivity (Wildman–Crippen MR) is 105 cm³/mol. The van der Waals surface area contributed by atoms with E-state index in [4.69, 9.17) is 21.3 Å². The lowest BCUT2D eigenvalue weighted by Crippen LogP contribution is -2.15. The van der Waals surface area contributed by atoms with E-state index in [9.17, 15) is 13.2 Å². The fourth-order valence-corrected chi connectivity index (χ4v) is 3.85. The van der Waals surface area contributed by atoms with Gasteiger partial charge in [0.2, 0.25) is 0 Å². The molecule has 1 aliphatic rings. The first-order chi connectivity index (χ1) is 13.7. The quantitative estimate of drug-likeness (QED) is 0.544. The number of hydrogen-bond acceptors (Lipinski definition) is 3. The van der Waals surface area contributed by atoms with E-state index in [-0.39, 0.29) is 11.1 Å². The Kier molecular flexibility index (Phi) is 5.12. The summed E-state index contributed by atoms with van der Waals surface area (Å²) in [6.45, 7) is 4.86. The molecule has 0 bridgehead atoms.